The second kappa shape index (κ2) is 5.03. The molecule has 8 nitrogen and oxygen atoms in total. The molecule has 0 bridgehead atoms. The van der Waals surface area contributed by atoms with Gasteiger partial charge in [-0.05, 0) is 6.07 Å². The molecule has 0 aliphatic carbocycles. The van der Waals surface area contributed by atoms with Gasteiger partial charge in [-0.1, -0.05) is 16.5 Å². The molecule has 1 saturated heterocycles. The molecular weight excluding hydrogens is 272 g/mol. The largest absolute Gasteiger partial charge is 0.367 e. The van der Waals surface area contributed by atoms with Crippen molar-refractivity contribution in [1.29, 1.82) is 0 Å². The van der Waals surface area contributed by atoms with Crippen molar-refractivity contribution >= 4 is 16.3 Å². The van der Waals surface area contributed by atoms with Gasteiger partial charge in [0.25, 0.3) is 5.89 Å². The maximum absolute atomic E-state index is 10.6. The summed E-state index contributed by atoms with van der Waals surface area (Å²) < 4.78 is 10.6. The number of hydrogen-bond donors (Lipinski definition) is 1. The Morgan fingerprint density at radius 3 is 3.11 bits per heavy atom. The molecule has 0 radical (unpaired) electrons. The summed E-state index contributed by atoms with van der Waals surface area (Å²) in [6.45, 7) is 2.03. The molecule has 1 N–H and O–H groups in total. The van der Waals surface area contributed by atoms with Crippen molar-refractivity contribution in [3.8, 4) is 10.8 Å². The van der Waals surface area contributed by atoms with E-state index in [9.17, 15) is 10.1 Å². The number of morpholine rings is 1. The summed E-state index contributed by atoms with van der Waals surface area (Å²) in [6, 6.07) is 3.02. The van der Waals surface area contributed by atoms with Crippen molar-refractivity contribution in [2.24, 2.45) is 0 Å². The molecule has 1 atom stereocenters. The minimum absolute atomic E-state index is 0.0466. The van der Waals surface area contributed by atoms with Crippen LogP contribution in [0, 0.1) is 10.1 Å². The zero-order valence-corrected chi connectivity index (χ0v) is 10.6. The van der Waals surface area contributed by atoms with Gasteiger partial charge in [-0.25, -0.2) is 0 Å². The summed E-state index contributed by atoms with van der Waals surface area (Å²) in [5.41, 5.74) is 0. The number of nitrogens with zero attached hydrogens (tertiary/aromatic N) is 3. The molecule has 3 heterocycles. The molecule has 0 spiro atoms. The van der Waals surface area contributed by atoms with Gasteiger partial charge in [0.05, 0.1) is 16.4 Å². The first-order chi connectivity index (χ1) is 9.24. The second-order valence-corrected chi connectivity index (χ2v) is 4.98. The quantitative estimate of drug-likeness (QED) is 0.669. The van der Waals surface area contributed by atoms with Gasteiger partial charge in [-0.2, -0.15) is 4.98 Å². The molecule has 1 aliphatic heterocycles. The van der Waals surface area contributed by atoms with Crippen LogP contribution in [0.2, 0.25) is 0 Å². The van der Waals surface area contributed by atoms with Gasteiger partial charge in [0.2, 0.25) is 5.82 Å². The highest BCUT2D eigenvalue weighted by Crippen LogP contribution is 2.32. The van der Waals surface area contributed by atoms with Gasteiger partial charge in [0.1, 0.15) is 6.10 Å². The van der Waals surface area contributed by atoms with Gasteiger partial charge in [0, 0.05) is 19.2 Å². The van der Waals surface area contributed by atoms with E-state index in [1.165, 1.54) is 6.07 Å². The molecule has 0 saturated carbocycles. The van der Waals surface area contributed by atoms with E-state index in [4.69, 9.17) is 9.26 Å². The van der Waals surface area contributed by atoms with Crippen LogP contribution >= 0.6 is 11.3 Å². The summed E-state index contributed by atoms with van der Waals surface area (Å²) >= 11 is 1.00. The van der Waals surface area contributed by atoms with Crippen molar-refractivity contribution in [2.45, 2.75) is 6.10 Å². The van der Waals surface area contributed by atoms with E-state index < -0.39 is 4.92 Å². The lowest BCUT2D eigenvalue weighted by Crippen LogP contribution is -2.33. The van der Waals surface area contributed by atoms with Crippen LogP contribution in [-0.4, -0.2) is 34.8 Å². The second-order valence-electron chi connectivity index (χ2n) is 3.92. The number of nitrogens with one attached hydrogen (secondary N) is 1. The van der Waals surface area contributed by atoms with Crippen molar-refractivity contribution < 1.29 is 14.2 Å². The first kappa shape index (κ1) is 12.2. The molecule has 1 fully saturated rings. The average Bonchev–Trinajstić information content (AvgIpc) is 3.09. The van der Waals surface area contributed by atoms with Crippen LogP contribution in [0.1, 0.15) is 11.9 Å². The Bertz CT molecular complexity index is 590. The van der Waals surface area contributed by atoms with E-state index in [2.05, 4.69) is 15.5 Å². The Hall–Kier alpha value is -1.84. The Balaban J connectivity index is 1.81. The molecule has 19 heavy (non-hydrogen) atoms. The van der Waals surface area contributed by atoms with Gasteiger partial charge in [-0.15, -0.1) is 0 Å². The monoisotopic (exact) mass is 282 g/mol. The number of hydrogen-bond acceptors (Lipinski definition) is 8. The van der Waals surface area contributed by atoms with Crippen LogP contribution in [0.25, 0.3) is 10.8 Å². The van der Waals surface area contributed by atoms with Gasteiger partial charge in [-0.3, -0.25) is 10.1 Å². The van der Waals surface area contributed by atoms with Crippen LogP contribution in [0.4, 0.5) is 5.00 Å². The van der Waals surface area contributed by atoms with Crippen molar-refractivity contribution in [3.63, 3.8) is 0 Å². The van der Waals surface area contributed by atoms with Crippen LogP contribution in [0.15, 0.2) is 16.7 Å². The highest BCUT2D eigenvalue weighted by molar-refractivity contribution is 7.18. The molecule has 1 unspecified atom stereocenters. The minimum atomic E-state index is -0.445. The van der Waals surface area contributed by atoms with Gasteiger partial charge < -0.3 is 14.6 Å². The topological polar surface area (TPSA) is 103 Å². The zero-order valence-electron chi connectivity index (χ0n) is 9.74. The fourth-order valence-corrected chi connectivity index (χ4v) is 2.48. The van der Waals surface area contributed by atoms with Crippen LogP contribution in [0.3, 0.4) is 0 Å². The van der Waals surface area contributed by atoms with E-state index in [1.807, 2.05) is 0 Å². The molecule has 1 aliphatic rings. The smallest absolute Gasteiger partial charge is 0.324 e. The molecule has 0 amide bonds. The van der Waals surface area contributed by atoms with E-state index >= 15 is 0 Å². The normalized spacial score (nSPS) is 19.5. The summed E-state index contributed by atoms with van der Waals surface area (Å²) in [7, 11) is 0. The Morgan fingerprint density at radius 1 is 1.53 bits per heavy atom. The standard InChI is InChI=1S/C10H10N4O4S/c15-14(16)8-2-1-7(19-8)10-12-9(13-18-10)6-5-11-3-4-17-6/h1-2,6,11H,3-5H2. The number of rotatable bonds is 3. The molecule has 0 aromatic carbocycles. The number of thiophene rings is 1. The van der Waals surface area contributed by atoms with E-state index in [1.54, 1.807) is 6.07 Å². The lowest BCUT2D eigenvalue weighted by Gasteiger charge is -2.20. The minimum Gasteiger partial charge on any atom is -0.367 e. The number of nitro groups is 1. The van der Waals surface area contributed by atoms with Crippen molar-refractivity contribution in [2.75, 3.05) is 19.7 Å². The molecule has 9 heteroatoms. The summed E-state index contributed by atoms with van der Waals surface area (Å²) in [5, 5.41) is 17.7. The first-order valence-electron chi connectivity index (χ1n) is 5.64. The SMILES string of the molecule is O=[N+]([O-])c1ccc(-c2nc(C3CNCCO3)no2)s1. The third kappa shape index (κ3) is 2.48. The molecule has 2 aromatic heterocycles. The van der Waals surface area contributed by atoms with Crippen molar-refractivity contribution in [1.82, 2.24) is 15.5 Å². The van der Waals surface area contributed by atoms with E-state index in [0.717, 1.165) is 17.9 Å². The maximum atomic E-state index is 10.6. The third-order valence-corrected chi connectivity index (χ3v) is 3.66. The predicted octanol–water partition coefficient (Wildman–Crippen LogP) is 1.37. The average molecular weight is 282 g/mol. The third-order valence-electron chi connectivity index (χ3n) is 2.64. The summed E-state index contributed by atoms with van der Waals surface area (Å²) in [4.78, 5) is 15.0. The maximum Gasteiger partial charge on any atom is 0.324 e. The van der Waals surface area contributed by atoms with E-state index in [-0.39, 0.29) is 17.0 Å². The number of aromatic nitrogens is 2. The Labute approximate surface area is 111 Å². The highest BCUT2D eigenvalue weighted by atomic mass is 32.1. The van der Waals surface area contributed by atoms with Crippen LogP contribution in [0.5, 0.6) is 0 Å². The molecule has 3 rings (SSSR count). The summed E-state index contributed by atoms with van der Waals surface area (Å²) in [6.07, 6.45) is -0.235. The molecule has 100 valence electrons. The summed E-state index contributed by atoms with van der Waals surface area (Å²) in [5.74, 6) is 0.737. The van der Waals surface area contributed by atoms with E-state index in [0.29, 0.717) is 23.9 Å². The Morgan fingerprint density at radius 2 is 2.42 bits per heavy atom. The Kier molecular flexibility index (Phi) is 3.23. The van der Waals surface area contributed by atoms with Crippen molar-refractivity contribution in [3.05, 3.63) is 28.1 Å². The van der Waals surface area contributed by atoms with Crippen LogP contribution < -0.4 is 5.32 Å². The zero-order chi connectivity index (χ0) is 13.2. The lowest BCUT2D eigenvalue weighted by molar-refractivity contribution is -0.380. The molecular formula is C10H10N4O4S. The fraction of sp³-hybridized carbons (Fsp3) is 0.400. The predicted molar refractivity (Wildman–Crippen MR) is 65.8 cm³/mol. The first-order valence-corrected chi connectivity index (χ1v) is 6.46. The fourth-order valence-electron chi connectivity index (χ4n) is 1.74. The van der Waals surface area contributed by atoms with Gasteiger partial charge in [0.15, 0.2) is 0 Å². The van der Waals surface area contributed by atoms with Crippen LogP contribution in [-0.2, 0) is 4.74 Å². The van der Waals surface area contributed by atoms with Gasteiger partial charge >= 0.3 is 5.00 Å². The molecule has 2 aromatic rings. The highest BCUT2D eigenvalue weighted by Gasteiger charge is 2.23. The number of ether oxygens (including phenoxy) is 1. The lowest BCUT2D eigenvalue weighted by atomic mass is 10.3.